The van der Waals surface area contributed by atoms with E-state index in [0.29, 0.717) is 39.6 Å². The first-order valence-electron chi connectivity index (χ1n) is 27.8. The molecule has 0 bridgehead atoms. The molecule has 0 aliphatic rings. The molecular weight excluding hydrogens is 989 g/mol. The van der Waals surface area contributed by atoms with E-state index in [0.717, 1.165) is 142 Å². The molecule has 79 heavy (non-hydrogen) atoms. The number of hydrogen-bond donors (Lipinski definition) is 0. The van der Waals surface area contributed by atoms with E-state index in [-0.39, 0.29) is 11.9 Å². The molecule has 410 valence electrons. The van der Waals surface area contributed by atoms with E-state index < -0.39 is 0 Å². The molecule has 1 heterocycles. The van der Waals surface area contributed by atoms with Crippen LogP contribution in [0.3, 0.4) is 0 Å². The topological polar surface area (TPSA) is 140 Å². The number of rotatable bonds is 35. The average molecular weight is 1060 g/mol. The van der Waals surface area contributed by atoms with E-state index in [4.69, 9.17) is 48.4 Å². The fourth-order valence-electron chi connectivity index (χ4n) is 8.53. The highest BCUT2D eigenvalue weighted by Crippen LogP contribution is 2.33. The van der Waals surface area contributed by atoms with Crippen LogP contribution >= 0.6 is 0 Å². The predicted octanol–water partition coefficient (Wildman–Crippen LogP) is 16.1. The lowest BCUT2D eigenvalue weighted by atomic mass is 10.0. The molecule has 0 spiro atoms. The van der Waals surface area contributed by atoms with E-state index >= 15 is 0 Å². The summed E-state index contributed by atoms with van der Waals surface area (Å²) in [6.07, 6.45) is 20.7. The molecule has 0 amide bonds. The third-order valence-electron chi connectivity index (χ3n) is 12.9. The lowest BCUT2D eigenvalue weighted by Gasteiger charge is -2.13. The summed E-state index contributed by atoms with van der Waals surface area (Å²) >= 11 is 0. The van der Waals surface area contributed by atoms with Crippen molar-refractivity contribution in [3.05, 3.63) is 182 Å². The van der Waals surface area contributed by atoms with E-state index in [9.17, 15) is 9.59 Å². The minimum Gasteiger partial charge on any atom is -0.494 e. The second-order valence-corrected chi connectivity index (χ2v) is 19.1. The van der Waals surface area contributed by atoms with Gasteiger partial charge in [0.05, 0.1) is 66.8 Å². The Kier molecular flexibility index (Phi) is 24.4. The van der Waals surface area contributed by atoms with Gasteiger partial charge in [-0.05, 0) is 159 Å². The van der Waals surface area contributed by atoms with Crippen LogP contribution in [0.15, 0.2) is 175 Å². The molecular formula is C67H74N4O8. The Morgan fingerprint density at radius 1 is 0.443 bits per heavy atom. The quantitative estimate of drug-likeness (QED) is 0.0163. The van der Waals surface area contributed by atoms with Gasteiger partial charge in [0.2, 0.25) is 0 Å². The van der Waals surface area contributed by atoms with Gasteiger partial charge < -0.3 is 28.4 Å². The number of ether oxygens (including phenoxy) is 6. The molecule has 6 aromatic carbocycles. The Bertz CT molecular complexity index is 3080. The smallest absolute Gasteiger partial charge is 0.330 e. The maximum atomic E-state index is 11.2. The van der Waals surface area contributed by atoms with Crippen molar-refractivity contribution in [1.82, 2.24) is 9.97 Å². The van der Waals surface area contributed by atoms with Crippen LogP contribution in [0, 0.1) is 0 Å². The van der Waals surface area contributed by atoms with Gasteiger partial charge in [0.15, 0.2) is 0 Å². The molecule has 0 unspecified atom stereocenters. The Hall–Kier alpha value is -8.38. The van der Waals surface area contributed by atoms with Crippen molar-refractivity contribution < 1.29 is 38.0 Å². The lowest BCUT2D eigenvalue weighted by molar-refractivity contribution is -0.138. The zero-order valence-corrected chi connectivity index (χ0v) is 45.7. The first kappa shape index (κ1) is 58.3. The Morgan fingerprint density at radius 3 is 1.39 bits per heavy atom. The van der Waals surface area contributed by atoms with Crippen molar-refractivity contribution in [2.45, 2.75) is 103 Å². The highest BCUT2D eigenvalue weighted by Gasteiger charge is 2.15. The van der Waals surface area contributed by atoms with Gasteiger partial charge in [-0.1, -0.05) is 101 Å². The van der Waals surface area contributed by atoms with Crippen molar-refractivity contribution in [3.63, 3.8) is 0 Å². The van der Waals surface area contributed by atoms with Gasteiger partial charge in [0.25, 0.3) is 0 Å². The van der Waals surface area contributed by atoms with E-state index in [1.807, 2.05) is 128 Å². The van der Waals surface area contributed by atoms with Crippen LogP contribution in [-0.4, -0.2) is 67.4 Å². The highest BCUT2D eigenvalue weighted by atomic mass is 16.5. The first-order valence-corrected chi connectivity index (χ1v) is 27.8. The van der Waals surface area contributed by atoms with E-state index in [2.05, 4.69) is 44.3 Å². The Balaban J connectivity index is 1.04. The van der Waals surface area contributed by atoms with Crippen LogP contribution in [0.4, 0.5) is 11.4 Å². The monoisotopic (exact) mass is 1060 g/mol. The minimum atomic E-state index is -0.384. The molecule has 7 rings (SSSR count). The van der Waals surface area contributed by atoms with Crippen LogP contribution < -0.4 is 18.9 Å². The summed E-state index contributed by atoms with van der Waals surface area (Å²) in [7, 11) is 0. The SMILES string of the molecule is C=CC(=O)OCCCCCCOc1ccc(N=Cc2cccc(-c3nc4ccc(COc5cccc(OCCCCCCCC)c5)cc4nc3-c3cccc(C=Nc4ccc(OCCCCCCOC(=O)C=C)cc4)c3)c2)cc1. The van der Waals surface area contributed by atoms with Gasteiger partial charge in [0.1, 0.15) is 29.6 Å². The molecule has 12 nitrogen and oxygen atoms in total. The maximum absolute atomic E-state index is 11.2. The second-order valence-electron chi connectivity index (χ2n) is 19.1. The molecule has 0 saturated heterocycles. The summed E-state index contributed by atoms with van der Waals surface area (Å²) in [5.74, 6) is 2.36. The molecule has 0 atom stereocenters. The van der Waals surface area contributed by atoms with E-state index in [1.54, 1.807) is 0 Å². The van der Waals surface area contributed by atoms with Gasteiger partial charge in [-0.3, -0.25) is 9.98 Å². The van der Waals surface area contributed by atoms with Crippen LogP contribution in [0.1, 0.15) is 114 Å². The van der Waals surface area contributed by atoms with Crippen molar-refractivity contribution in [2.75, 3.05) is 33.0 Å². The van der Waals surface area contributed by atoms with Crippen LogP contribution in [0.25, 0.3) is 33.5 Å². The number of benzene rings is 6. The first-order chi connectivity index (χ1) is 38.8. The molecule has 0 aliphatic heterocycles. The Morgan fingerprint density at radius 2 is 0.886 bits per heavy atom. The molecule has 12 heteroatoms. The molecule has 7 aromatic rings. The number of carbonyl (C=O) groups excluding carboxylic acids is 2. The predicted molar refractivity (Wildman–Crippen MR) is 318 cm³/mol. The number of fused-ring (bicyclic) bond motifs is 1. The standard InChI is InChI=1S/C67H74N4O8/c1-4-7-8-9-10-15-41-76-60-27-22-28-61(47-60)79-50-53-29-38-62-63(46-53)71-67(55-26-21-24-52(45-55)49-69-57-32-36-59(37-33-57)75-40-17-12-14-19-43-78-65(73)6-3)66(70-62)54-25-20-23-51(44-54)48-68-56-30-34-58(35-31-56)74-39-16-11-13-18-42-77-64(72)5-2/h5-6,20-38,44-49H,2-4,7-19,39-43,50H2,1H3. The molecule has 0 radical (unpaired) electrons. The van der Waals surface area contributed by atoms with Crippen LogP contribution in [0.2, 0.25) is 0 Å². The van der Waals surface area contributed by atoms with Crippen molar-refractivity contribution in [1.29, 1.82) is 0 Å². The minimum absolute atomic E-state index is 0.350. The maximum Gasteiger partial charge on any atom is 0.330 e. The molecule has 1 aromatic heterocycles. The van der Waals surface area contributed by atoms with Crippen molar-refractivity contribution in [2.24, 2.45) is 9.98 Å². The van der Waals surface area contributed by atoms with Gasteiger partial charge in [-0.15, -0.1) is 0 Å². The lowest BCUT2D eigenvalue weighted by Crippen LogP contribution is -2.02. The summed E-state index contributed by atoms with van der Waals surface area (Å²) in [4.78, 5) is 42.7. The normalized spacial score (nSPS) is 11.2. The van der Waals surface area contributed by atoms with Gasteiger partial charge in [-0.2, -0.15) is 0 Å². The zero-order chi connectivity index (χ0) is 55.1. The summed E-state index contributed by atoms with van der Waals surface area (Å²) in [5, 5.41) is 0. The summed E-state index contributed by atoms with van der Waals surface area (Å²) in [5.41, 5.74) is 9.14. The highest BCUT2D eigenvalue weighted by molar-refractivity contribution is 5.91. The molecule has 0 aliphatic carbocycles. The van der Waals surface area contributed by atoms with Crippen LogP contribution in [-0.2, 0) is 25.7 Å². The van der Waals surface area contributed by atoms with Gasteiger partial charge in [0, 0.05) is 41.8 Å². The number of hydrogen-bond acceptors (Lipinski definition) is 12. The fraction of sp³-hybridized carbons (Fsp3) is 0.313. The molecule has 0 N–H and O–H groups in total. The van der Waals surface area contributed by atoms with E-state index in [1.165, 1.54) is 44.3 Å². The third kappa shape index (κ3) is 20.5. The largest absolute Gasteiger partial charge is 0.494 e. The summed E-state index contributed by atoms with van der Waals surface area (Å²) < 4.78 is 34.4. The molecule has 0 saturated carbocycles. The van der Waals surface area contributed by atoms with Gasteiger partial charge >= 0.3 is 11.9 Å². The number of aromatic nitrogens is 2. The summed E-state index contributed by atoms with van der Waals surface area (Å²) in [6, 6.07) is 45.8. The van der Waals surface area contributed by atoms with Gasteiger partial charge in [-0.25, -0.2) is 19.6 Å². The fourth-order valence-corrected chi connectivity index (χ4v) is 8.53. The average Bonchev–Trinajstić information content (AvgIpc) is 3.49. The summed E-state index contributed by atoms with van der Waals surface area (Å²) in [6.45, 7) is 12.2. The number of aliphatic imine (C=N–C) groups is 2. The number of esters is 2. The number of carbonyl (C=O) groups is 2. The third-order valence-corrected chi connectivity index (χ3v) is 12.9. The molecule has 0 fully saturated rings. The number of unbranched alkanes of at least 4 members (excludes halogenated alkanes) is 11. The second kappa shape index (κ2) is 33.0. The van der Waals surface area contributed by atoms with Crippen LogP contribution in [0.5, 0.6) is 23.0 Å². The Labute approximate surface area is 466 Å². The number of nitrogens with zero attached hydrogens (tertiary/aromatic N) is 4. The van der Waals surface area contributed by atoms with Crippen molar-refractivity contribution >= 4 is 46.8 Å². The zero-order valence-electron chi connectivity index (χ0n) is 45.7. The van der Waals surface area contributed by atoms with Crippen molar-refractivity contribution in [3.8, 4) is 45.5 Å².